The van der Waals surface area contributed by atoms with E-state index in [1.165, 1.54) is 7.11 Å². The van der Waals surface area contributed by atoms with E-state index in [0.717, 1.165) is 38.5 Å². The average molecular weight is 671 g/mol. The molecule has 3 N–H and O–H groups in total. The Morgan fingerprint density at radius 3 is 2.65 bits per heavy atom. The molecule has 1 aromatic carbocycles. The van der Waals surface area contributed by atoms with Crippen molar-refractivity contribution in [2.75, 3.05) is 33.4 Å². The van der Waals surface area contributed by atoms with Crippen LogP contribution >= 0.6 is 22.6 Å². The summed E-state index contributed by atoms with van der Waals surface area (Å²) in [4.78, 5) is 39.9. The van der Waals surface area contributed by atoms with Crippen LogP contribution in [0.4, 0.5) is 0 Å². The molecule has 2 aliphatic carbocycles. The Morgan fingerprint density at radius 1 is 1.23 bits per heavy atom. The second-order valence-corrected chi connectivity index (χ2v) is 11.9. The number of halogens is 1. The zero-order valence-corrected chi connectivity index (χ0v) is 25.0. The Morgan fingerprint density at radius 2 is 2.00 bits per heavy atom. The number of hydrogen-bond donors (Lipinski definition) is 3. The van der Waals surface area contributed by atoms with Crippen LogP contribution < -0.4 is 14.8 Å². The Labute approximate surface area is 248 Å². The van der Waals surface area contributed by atoms with Crippen molar-refractivity contribution in [2.45, 2.75) is 75.7 Å². The fraction of sp³-hybridized carbons (Fsp3) is 0.621. The lowest BCUT2D eigenvalue weighted by atomic mass is 9.87. The average Bonchev–Trinajstić information content (AvgIpc) is 3.67. The molecule has 1 saturated carbocycles. The van der Waals surface area contributed by atoms with Crippen LogP contribution in [0.1, 0.15) is 61.7 Å². The summed E-state index contributed by atoms with van der Waals surface area (Å²) < 4.78 is 18.2. The SMILES string of the molecule is COc1cc(C=O)cc(I)c1O[C@H]1C=C(C(=O)NCCO)C[C@@H](N(C[C@H]2CCCO2)C(=O)CC2CCCC2)[C@@H]1O. The van der Waals surface area contributed by atoms with E-state index in [1.807, 2.05) is 22.6 Å². The number of aliphatic hydroxyl groups is 2. The molecule has 220 valence electrons. The molecule has 3 aliphatic rings. The molecule has 4 rings (SSSR count). The molecule has 0 radical (unpaired) electrons. The molecule has 1 aliphatic heterocycles. The number of aldehydes is 1. The highest BCUT2D eigenvalue weighted by molar-refractivity contribution is 14.1. The molecule has 2 fully saturated rings. The van der Waals surface area contributed by atoms with Crippen LogP contribution in [0.2, 0.25) is 0 Å². The number of benzene rings is 1. The topological polar surface area (TPSA) is 135 Å². The van der Waals surface area contributed by atoms with Gasteiger partial charge in [-0.15, -0.1) is 0 Å². The van der Waals surface area contributed by atoms with Crippen LogP contribution in [0.15, 0.2) is 23.8 Å². The van der Waals surface area contributed by atoms with Crippen molar-refractivity contribution in [3.63, 3.8) is 0 Å². The lowest BCUT2D eigenvalue weighted by Gasteiger charge is -2.41. The molecule has 0 unspecified atom stereocenters. The molecule has 11 heteroatoms. The Balaban J connectivity index is 1.67. The third-order valence-corrected chi connectivity index (χ3v) is 8.74. The van der Waals surface area contributed by atoms with Gasteiger partial charge in [0.25, 0.3) is 0 Å². The van der Waals surface area contributed by atoms with E-state index in [4.69, 9.17) is 14.2 Å². The van der Waals surface area contributed by atoms with Gasteiger partial charge in [0.15, 0.2) is 11.5 Å². The minimum atomic E-state index is -1.14. The second kappa shape index (κ2) is 14.6. The van der Waals surface area contributed by atoms with Crippen LogP contribution in [0.5, 0.6) is 11.5 Å². The monoisotopic (exact) mass is 670 g/mol. The lowest BCUT2D eigenvalue weighted by molar-refractivity contribution is -0.141. The fourth-order valence-corrected chi connectivity index (χ4v) is 6.60. The van der Waals surface area contributed by atoms with Crippen molar-refractivity contribution in [3.05, 3.63) is 32.9 Å². The van der Waals surface area contributed by atoms with Crippen molar-refractivity contribution in [1.29, 1.82) is 0 Å². The van der Waals surface area contributed by atoms with E-state index in [2.05, 4.69) is 5.32 Å². The zero-order chi connectivity index (χ0) is 28.6. The van der Waals surface area contributed by atoms with E-state index in [1.54, 1.807) is 23.1 Å². The Kier molecular flexibility index (Phi) is 11.2. The van der Waals surface area contributed by atoms with Gasteiger partial charge in [0.2, 0.25) is 11.8 Å². The number of carbonyl (C=O) groups is 3. The summed E-state index contributed by atoms with van der Waals surface area (Å²) in [5.41, 5.74) is 0.772. The molecular formula is C29H39IN2O8. The summed E-state index contributed by atoms with van der Waals surface area (Å²) >= 11 is 2.03. The second-order valence-electron chi connectivity index (χ2n) is 10.7. The fourth-order valence-electron chi connectivity index (χ4n) is 5.85. The van der Waals surface area contributed by atoms with Gasteiger partial charge in [0.1, 0.15) is 18.5 Å². The van der Waals surface area contributed by atoms with Crippen LogP contribution in [0, 0.1) is 9.49 Å². The molecule has 1 aromatic rings. The highest BCUT2D eigenvalue weighted by Crippen LogP contribution is 2.37. The van der Waals surface area contributed by atoms with Gasteiger partial charge < -0.3 is 34.6 Å². The van der Waals surface area contributed by atoms with Crippen LogP contribution in [0.3, 0.4) is 0 Å². The molecule has 0 spiro atoms. The maximum absolute atomic E-state index is 13.8. The summed E-state index contributed by atoms with van der Waals surface area (Å²) in [6.45, 7) is 0.834. The highest BCUT2D eigenvalue weighted by atomic mass is 127. The minimum Gasteiger partial charge on any atom is -0.493 e. The van der Waals surface area contributed by atoms with E-state index >= 15 is 0 Å². The zero-order valence-electron chi connectivity index (χ0n) is 22.9. The highest BCUT2D eigenvalue weighted by Gasteiger charge is 2.42. The third-order valence-electron chi connectivity index (χ3n) is 7.94. The van der Waals surface area contributed by atoms with Crippen molar-refractivity contribution < 1.29 is 38.8 Å². The summed E-state index contributed by atoms with van der Waals surface area (Å²) in [6.07, 6.45) is 6.57. The van der Waals surface area contributed by atoms with Crippen molar-refractivity contribution in [3.8, 4) is 11.5 Å². The van der Waals surface area contributed by atoms with Gasteiger partial charge >= 0.3 is 0 Å². The smallest absolute Gasteiger partial charge is 0.247 e. The molecule has 4 atom stereocenters. The Bertz CT molecular complexity index is 1080. The van der Waals surface area contributed by atoms with E-state index in [0.29, 0.717) is 58.0 Å². The number of methoxy groups -OCH3 is 1. The van der Waals surface area contributed by atoms with Gasteiger partial charge in [-0.1, -0.05) is 12.8 Å². The Hall–Kier alpha value is -2.22. The van der Waals surface area contributed by atoms with Gasteiger partial charge in [0, 0.05) is 43.7 Å². The third kappa shape index (κ3) is 7.54. The van der Waals surface area contributed by atoms with E-state index in [9.17, 15) is 24.6 Å². The number of rotatable bonds is 12. The normalized spacial score (nSPS) is 24.9. The lowest BCUT2D eigenvalue weighted by Crippen LogP contribution is -2.56. The van der Waals surface area contributed by atoms with Gasteiger partial charge in [-0.3, -0.25) is 14.4 Å². The molecule has 0 bridgehead atoms. The van der Waals surface area contributed by atoms with Crippen molar-refractivity contribution >= 4 is 40.7 Å². The first-order valence-corrected chi connectivity index (χ1v) is 15.1. The molecular weight excluding hydrogens is 631 g/mol. The number of ether oxygens (including phenoxy) is 3. The molecule has 0 aromatic heterocycles. The molecule has 2 amide bonds. The van der Waals surface area contributed by atoms with Gasteiger partial charge in [-0.25, -0.2) is 0 Å². The maximum atomic E-state index is 13.8. The van der Waals surface area contributed by atoms with Crippen molar-refractivity contribution in [2.24, 2.45) is 5.92 Å². The molecule has 1 saturated heterocycles. The number of hydrogen-bond acceptors (Lipinski definition) is 8. The van der Waals surface area contributed by atoms with Gasteiger partial charge in [-0.05, 0) is 72.4 Å². The number of aliphatic hydroxyl groups excluding tert-OH is 2. The first-order chi connectivity index (χ1) is 19.3. The van der Waals surface area contributed by atoms with Crippen LogP contribution in [-0.4, -0.2) is 91.0 Å². The summed E-state index contributed by atoms with van der Waals surface area (Å²) in [7, 11) is 1.46. The molecule has 40 heavy (non-hydrogen) atoms. The van der Waals surface area contributed by atoms with Gasteiger partial charge in [-0.2, -0.15) is 0 Å². The summed E-state index contributed by atoms with van der Waals surface area (Å²) in [5, 5.41) is 23.6. The maximum Gasteiger partial charge on any atom is 0.247 e. The summed E-state index contributed by atoms with van der Waals surface area (Å²) in [6, 6.07) is 2.47. The standard InChI is InChI=1S/C29H39IN2O8/c1-38-25-12-19(17-34)11-22(30)28(25)40-24-15-20(29(37)31-8-9-33)14-23(27(24)36)32(16-21-7-4-10-39-21)26(35)13-18-5-2-3-6-18/h11-12,15,17-18,21,23-24,27,33,36H,2-10,13-14,16H2,1H3,(H,31,37)/t21-,23-,24+,27+/m1/s1. The number of carbonyl (C=O) groups excluding carboxylic acids is 3. The number of nitrogens with one attached hydrogen (secondary N) is 1. The van der Waals surface area contributed by atoms with Crippen LogP contribution in [-0.2, 0) is 14.3 Å². The van der Waals surface area contributed by atoms with Crippen molar-refractivity contribution in [1.82, 2.24) is 10.2 Å². The largest absolute Gasteiger partial charge is 0.493 e. The molecule has 10 nitrogen and oxygen atoms in total. The first kappa shape index (κ1) is 30.7. The van der Waals surface area contributed by atoms with Crippen LogP contribution in [0.25, 0.3) is 0 Å². The van der Waals surface area contributed by atoms with E-state index in [-0.39, 0.29) is 31.6 Å². The number of amides is 2. The predicted molar refractivity (Wildman–Crippen MR) is 155 cm³/mol. The van der Waals surface area contributed by atoms with E-state index < -0.39 is 24.2 Å². The van der Waals surface area contributed by atoms with Gasteiger partial charge in [0.05, 0.1) is 29.4 Å². The first-order valence-electron chi connectivity index (χ1n) is 14.0. The number of nitrogens with zero attached hydrogens (tertiary/aromatic N) is 1. The quantitative estimate of drug-likeness (QED) is 0.229. The minimum absolute atomic E-state index is 0.0512. The molecule has 1 heterocycles. The predicted octanol–water partition coefficient (Wildman–Crippen LogP) is 2.62. The summed E-state index contributed by atoms with van der Waals surface area (Å²) in [5.74, 6) is 0.518.